The van der Waals surface area contributed by atoms with Crippen LogP contribution in [0, 0.1) is 0 Å². The molecule has 2 rings (SSSR count). The summed E-state index contributed by atoms with van der Waals surface area (Å²) in [4.78, 5) is 11.1. The fraction of sp³-hybridized carbons (Fsp3) is 0.500. The summed E-state index contributed by atoms with van der Waals surface area (Å²) < 4.78 is 2.37. The Morgan fingerprint density at radius 2 is 2.22 bits per heavy atom. The van der Waals surface area contributed by atoms with Crippen LogP contribution >= 0.6 is 30.3 Å². The van der Waals surface area contributed by atoms with Gasteiger partial charge in [-0.3, -0.25) is 4.79 Å². The molecular formula is C14H20INOS. The number of allylic oxidation sites excluding steroid dienone is 2. The van der Waals surface area contributed by atoms with Crippen LogP contribution < -0.4 is 0 Å². The van der Waals surface area contributed by atoms with E-state index in [1.165, 1.54) is 11.1 Å². The monoisotopic (exact) mass is 377 g/mol. The molecule has 2 nitrogen and oxygen atoms in total. The van der Waals surface area contributed by atoms with E-state index in [2.05, 4.69) is 50.7 Å². The third-order valence-corrected chi connectivity index (χ3v) is 5.36. The van der Waals surface area contributed by atoms with E-state index in [4.69, 9.17) is 0 Å². The third kappa shape index (κ3) is 3.48. The van der Waals surface area contributed by atoms with Gasteiger partial charge in [0.2, 0.25) is 0 Å². The lowest BCUT2D eigenvalue weighted by Crippen LogP contribution is -2.30. The maximum atomic E-state index is 11.1. The van der Waals surface area contributed by atoms with Crippen molar-refractivity contribution in [3.63, 3.8) is 0 Å². The van der Waals surface area contributed by atoms with Crippen molar-refractivity contribution in [2.45, 2.75) is 39.7 Å². The van der Waals surface area contributed by atoms with Crippen molar-refractivity contribution in [3.05, 3.63) is 34.9 Å². The molecule has 18 heavy (non-hydrogen) atoms. The summed E-state index contributed by atoms with van der Waals surface area (Å²) in [5.41, 5.74) is 3.45. The lowest BCUT2D eigenvalue weighted by Gasteiger charge is -2.29. The lowest BCUT2D eigenvalue weighted by atomic mass is 9.91. The number of aldehydes is 1. The van der Waals surface area contributed by atoms with E-state index in [0.717, 1.165) is 31.2 Å². The highest BCUT2D eigenvalue weighted by Gasteiger charge is 2.28. The number of hydrogen-bond acceptors (Lipinski definition) is 3. The van der Waals surface area contributed by atoms with E-state index in [1.807, 2.05) is 13.8 Å². The van der Waals surface area contributed by atoms with Crippen LogP contribution in [-0.4, -0.2) is 23.2 Å². The Kier molecular flexibility index (Phi) is 7.26. The third-order valence-electron chi connectivity index (χ3n) is 3.22. The van der Waals surface area contributed by atoms with Crippen molar-refractivity contribution in [2.75, 3.05) is 6.54 Å². The Morgan fingerprint density at radius 1 is 1.50 bits per heavy atom. The summed E-state index contributed by atoms with van der Waals surface area (Å²) in [7, 11) is 1.75. The minimum atomic E-state index is 0.435. The molecule has 4 heteroatoms. The maximum absolute atomic E-state index is 11.1. The van der Waals surface area contributed by atoms with Gasteiger partial charge in [-0.2, -0.15) is 0 Å². The minimum absolute atomic E-state index is 0.435. The van der Waals surface area contributed by atoms with Crippen LogP contribution in [0.3, 0.4) is 0 Å². The fourth-order valence-electron chi connectivity index (χ4n) is 2.25. The number of rotatable bonds is 2. The number of hydrogen-bond donors (Lipinski definition) is 0. The average Bonchev–Trinajstić information content (AvgIpc) is 2.58. The number of halogens is 1. The molecule has 100 valence electrons. The van der Waals surface area contributed by atoms with E-state index < -0.39 is 0 Å². The maximum Gasteiger partial charge on any atom is 0.146 e. The van der Waals surface area contributed by atoms with Crippen molar-refractivity contribution in [2.24, 2.45) is 0 Å². The molecule has 0 aromatic rings. The molecule has 1 heterocycles. The molecule has 0 saturated carbocycles. The second-order valence-electron chi connectivity index (χ2n) is 4.03. The van der Waals surface area contributed by atoms with Crippen LogP contribution in [-0.2, 0) is 4.79 Å². The number of nitrogens with zero attached hydrogens (tertiary/aromatic N) is 1. The van der Waals surface area contributed by atoms with E-state index in [-0.39, 0.29) is 0 Å². The highest BCUT2D eigenvalue weighted by atomic mass is 127. The summed E-state index contributed by atoms with van der Waals surface area (Å²) in [5.74, 6) is 0. The number of carbonyl (C=O) groups is 1. The molecule has 0 aromatic carbocycles. The van der Waals surface area contributed by atoms with Gasteiger partial charge in [0, 0.05) is 33.8 Å². The highest BCUT2D eigenvalue weighted by Crippen LogP contribution is 2.36. The lowest BCUT2D eigenvalue weighted by molar-refractivity contribution is -0.105. The number of carbonyl (C=O) groups excluding carboxylic acids is 1. The molecule has 0 radical (unpaired) electrons. The fourth-order valence-corrected chi connectivity index (χ4v) is 4.12. The van der Waals surface area contributed by atoms with Gasteiger partial charge in [-0.25, -0.2) is 4.31 Å². The van der Waals surface area contributed by atoms with Crippen molar-refractivity contribution in [3.8, 4) is 0 Å². The normalized spacial score (nSPS) is 23.6. The van der Waals surface area contributed by atoms with Crippen molar-refractivity contribution >= 4 is 36.6 Å². The van der Waals surface area contributed by atoms with Crippen molar-refractivity contribution in [1.29, 1.82) is 0 Å². The summed E-state index contributed by atoms with van der Waals surface area (Å²) in [6.45, 7) is 7.03. The van der Waals surface area contributed by atoms with Gasteiger partial charge in [0.25, 0.3) is 0 Å². The van der Waals surface area contributed by atoms with Crippen LogP contribution in [0.5, 0.6) is 0 Å². The molecule has 1 unspecified atom stereocenters. The second kappa shape index (κ2) is 8.17. The van der Waals surface area contributed by atoms with Crippen molar-refractivity contribution in [1.82, 2.24) is 4.31 Å². The molecule has 0 bridgehead atoms. The molecule has 1 atom stereocenters. The summed E-state index contributed by atoms with van der Waals surface area (Å²) in [5, 5.41) is 0. The van der Waals surface area contributed by atoms with Gasteiger partial charge < -0.3 is 0 Å². The summed E-state index contributed by atoms with van der Waals surface area (Å²) in [6, 6.07) is 0.435. The van der Waals surface area contributed by atoms with Crippen LogP contribution in [0.25, 0.3) is 0 Å². The zero-order chi connectivity index (χ0) is 13.5. The van der Waals surface area contributed by atoms with E-state index in [9.17, 15) is 4.79 Å². The highest BCUT2D eigenvalue weighted by molar-refractivity contribution is 14.2. The average molecular weight is 377 g/mol. The first-order chi connectivity index (χ1) is 8.77. The molecule has 0 spiro atoms. The minimum Gasteiger partial charge on any atom is -0.298 e. The first-order valence-corrected chi connectivity index (χ1v) is 9.67. The Balaban J connectivity index is 0.000000771. The van der Waals surface area contributed by atoms with E-state index in [1.54, 1.807) is 9.12 Å². The van der Waals surface area contributed by atoms with Crippen LogP contribution in [0.15, 0.2) is 34.9 Å². The van der Waals surface area contributed by atoms with Gasteiger partial charge >= 0.3 is 0 Å². The Labute approximate surface area is 126 Å². The first kappa shape index (κ1) is 16.0. The molecule has 0 amide bonds. The number of fused-ring (bicyclic) bond motifs is 1. The van der Waals surface area contributed by atoms with Gasteiger partial charge in [0.15, 0.2) is 0 Å². The molecule has 2 aliphatic rings. The predicted molar refractivity (Wildman–Crippen MR) is 88.7 cm³/mol. The Bertz CT molecular complexity index is 387. The SMILES string of the molecule is CC.CC1=C(C=O)CCN(SI)C2CC=CC=C12. The smallest absolute Gasteiger partial charge is 0.146 e. The molecule has 1 aliphatic carbocycles. The molecule has 0 fully saturated rings. The standard InChI is InChI=1S/C12H14INOS.C2H6/c1-9-10(8-15)6-7-14(16-13)12-5-3-2-4-11(9)12;1-2/h2-4,8,12H,5-7H2,1H3;1-2H3. The van der Waals surface area contributed by atoms with Crippen LogP contribution in [0.4, 0.5) is 0 Å². The van der Waals surface area contributed by atoms with Gasteiger partial charge in [-0.05, 0) is 45.6 Å². The molecule has 0 N–H and O–H groups in total. The van der Waals surface area contributed by atoms with Gasteiger partial charge in [-0.15, -0.1) is 0 Å². The topological polar surface area (TPSA) is 20.3 Å². The molecular weight excluding hydrogens is 357 g/mol. The zero-order valence-electron chi connectivity index (χ0n) is 11.1. The van der Waals surface area contributed by atoms with Crippen LogP contribution in [0.1, 0.15) is 33.6 Å². The van der Waals surface area contributed by atoms with Crippen LogP contribution in [0.2, 0.25) is 0 Å². The molecule has 0 saturated heterocycles. The summed E-state index contributed by atoms with van der Waals surface area (Å²) in [6.07, 6.45) is 9.38. The molecule has 0 aromatic heterocycles. The zero-order valence-corrected chi connectivity index (χ0v) is 14.1. The van der Waals surface area contributed by atoms with Gasteiger partial charge in [-0.1, -0.05) is 32.1 Å². The quantitative estimate of drug-likeness (QED) is 0.402. The second-order valence-corrected chi connectivity index (χ2v) is 5.82. The first-order valence-electron chi connectivity index (χ1n) is 6.35. The van der Waals surface area contributed by atoms with E-state index >= 15 is 0 Å². The summed E-state index contributed by atoms with van der Waals surface area (Å²) >= 11 is 2.32. The van der Waals surface area contributed by atoms with Crippen molar-refractivity contribution < 1.29 is 4.79 Å². The largest absolute Gasteiger partial charge is 0.298 e. The Morgan fingerprint density at radius 3 is 2.83 bits per heavy atom. The predicted octanol–water partition coefficient (Wildman–Crippen LogP) is 4.49. The van der Waals surface area contributed by atoms with E-state index in [0.29, 0.717) is 6.04 Å². The Hall–Kier alpha value is -0.0700. The van der Waals surface area contributed by atoms with Gasteiger partial charge in [0.1, 0.15) is 6.29 Å². The molecule has 1 aliphatic heterocycles. The van der Waals surface area contributed by atoms with Gasteiger partial charge in [0.05, 0.1) is 0 Å².